The number of piperazine rings is 1. The molecule has 0 saturated carbocycles. The van der Waals surface area contributed by atoms with E-state index < -0.39 is 0 Å². The average Bonchev–Trinajstić information content (AvgIpc) is 3.33. The lowest BCUT2D eigenvalue weighted by Crippen LogP contribution is -2.48. The zero-order valence-corrected chi connectivity index (χ0v) is 22.5. The van der Waals surface area contributed by atoms with Gasteiger partial charge in [-0.1, -0.05) is 6.58 Å². The second kappa shape index (κ2) is 10.2. The molecule has 1 N–H and O–H groups in total. The third-order valence-electron chi connectivity index (χ3n) is 6.90. The summed E-state index contributed by atoms with van der Waals surface area (Å²) in [5.74, 6) is 2.46. The van der Waals surface area contributed by atoms with Crippen molar-refractivity contribution in [2.24, 2.45) is 7.05 Å². The lowest BCUT2D eigenvalue weighted by atomic mass is 10.2. The Labute approximate surface area is 230 Å². The number of amides is 1. The molecule has 202 valence electrons. The largest absolute Gasteiger partial charge is 0.455 e. The van der Waals surface area contributed by atoms with Crippen molar-refractivity contribution in [3.63, 3.8) is 0 Å². The van der Waals surface area contributed by atoms with E-state index >= 15 is 0 Å². The highest BCUT2D eigenvalue weighted by Gasteiger charge is 2.22. The molecule has 0 unspecified atom stereocenters. The molecular formula is C28H28N10O2. The zero-order valence-electron chi connectivity index (χ0n) is 22.5. The molecule has 1 aliphatic rings. The molecule has 1 saturated heterocycles. The van der Waals surface area contributed by atoms with E-state index in [9.17, 15) is 4.79 Å². The molecule has 0 radical (unpaired) electrons. The van der Waals surface area contributed by atoms with Crippen molar-refractivity contribution in [2.75, 3.05) is 36.4 Å². The summed E-state index contributed by atoms with van der Waals surface area (Å²) in [4.78, 5) is 42.8. The SMILES string of the molecule is C=CC(=O)N1CCN(c2ncc3ncnc(Nc4ccc(Oc5cc6ncn(C)c6nc5C)c(C)c4)c3n2)CC1. The minimum atomic E-state index is -0.0632. The number of rotatable bonds is 6. The number of pyridine rings is 1. The number of nitrogens with zero attached hydrogens (tertiary/aromatic N) is 9. The van der Waals surface area contributed by atoms with Gasteiger partial charge in [0.2, 0.25) is 11.9 Å². The number of hydrogen-bond donors (Lipinski definition) is 1. The van der Waals surface area contributed by atoms with E-state index in [4.69, 9.17) is 9.72 Å². The molecule has 12 nitrogen and oxygen atoms in total. The van der Waals surface area contributed by atoms with Gasteiger partial charge in [0.1, 0.15) is 28.6 Å². The third-order valence-corrected chi connectivity index (χ3v) is 6.90. The molecule has 6 rings (SSSR count). The highest BCUT2D eigenvalue weighted by Crippen LogP contribution is 2.32. The Morgan fingerprint density at radius 1 is 1.00 bits per heavy atom. The number of imidazole rings is 1. The van der Waals surface area contributed by atoms with Crippen molar-refractivity contribution in [3.05, 3.63) is 67.0 Å². The normalized spacial score (nSPS) is 13.6. The fraction of sp³-hybridized carbons (Fsp3) is 0.250. The molecule has 0 spiro atoms. The van der Waals surface area contributed by atoms with E-state index in [0.717, 1.165) is 33.9 Å². The van der Waals surface area contributed by atoms with Crippen LogP contribution in [0, 0.1) is 13.8 Å². The maximum absolute atomic E-state index is 11.9. The number of aryl methyl sites for hydroxylation is 3. The third kappa shape index (κ3) is 4.75. The van der Waals surface area contributed by atoms with Gasteiger partial charge in [-0.15, -0.1) is 0 Å². The Kier molecular flexibility index (Phi) is 6.42. The van der Waals surface area contributed by atoms with Gasteiger partial charge in [0.15, 0.2) is 17.2 Å². The van der Waals surface area contributed by atoms with E-state index in [1.54, 1.807) is 17.4 Å². The zero-order chi connectivity index (χ0) is 27.8. The van der Waals surface area contributed by atoms with Gasteiger partial charge >= 0.3 is 0 Å². The van der Waals surface area contributed by atoms with Crippen LogP contribution < -0.4 is 15.0 Å². The van der Waals surface area contributed by atoms with Crippen molar-refractivity contribution in [1.29, 1.82) is 0 Å². The number of nitrogens with one attached hydrogen (secondary N) is 1. The Morgan fingerprint density at radius 2 is 1.82 bits per heavy atom. The number of benzene rings is 1. The van der Waals surface area contributed by atoms with Crippen LogP contribution in [0.15, 0.2) is 55.8 Å². The molecule has 12 heteroatoms. The van der Waals surface area contributed by atoms with E-state index in [1.807, 2.05) is 49.7 Å². The number of ether oxygens (including phenoxy) is 1. The number of hydrogen-bond acceptors (Lipinski definition) is 10. The van der Waals surface area contributed by atoms with Crippen LogP contribution in [0.1, 0.15) is 11.3 Å². The summed E-state index contributed by atoms with van der Waals surface area (Å²) in [6, 6.07) is 7.73. The summed E-state index contributed by atoms with van der Waals surface area (Å²) in [6.07, 6.45) is 6.27. The van der Waals surface area contributed by atoms with Gasteiger partial charge in [0.25, 0.3) is 0 Å². The molecule has 1 aliphatic heterocycles. The first kappa shape index (κ1) is 25.2. The second-order valence-electron chi connectivity index (χ2n) is 9.62. The number of carbonyl (C=O) groups excluding carboxylic acids is 1. The second-order valence-corrected chi connectivity index (χ2v) is 9.62. The summed E-state index contributed by atoms with van der Waals surface area (Å²) in [5, 5.41) is 3.37. The minimum Gasteiger partial charge on any atom is -0.455 e. The van der Waals surface area contributed by atoms with Crippen LogP contribution in [-0.2, 0) is 11.8 Å². The van der Waals surface area contributed by atoms with Crippen molar-refractivity contribution >= 4 is 45.6 Å². The van der Waals surface area contributed by atoms with Crippen LogP contribution in [0.2, 0.25) is 0 Å². The average molecular weight is 537 g/mol. The Bertz CT molecular complexity index is 1760. The van der Waals surface area contributed by atoms with E-state index in [0.29, 0.717) is 54.7 Å². The topological polar surface area (TPSA) is 127 Å². The summed E-state index contributed by atoms with van der Waals surface area (Å²) >= 11 is 0. The number of fused-ring (bicyclic) bond motifs is 2. The first-order chi connectivity index (χ1) is 19.4. The van der Waals surface area contributed by atoms with Crippen molar-refractivity contribution in [2.45, 2.75) is 13.8 Å². The summed E-state index contributed by atoms with van der Waals surface area (Å²) < 4.78 is 8.11. The first-order valence-electron chi connectivity index (χ1n) is 12.9. The van der Waals surface area contributed by atoms with Gasteiger partial charge in [0, 0.05) is 45.0 Å². The number of anilines is 3. The molecule has 4 aromatic heterocycles. The van der Waals surface area contributed by atoms with Gasteiger partial charge in [-0.2, -0.15) is 0 Å². The van der Waals surface area contributed by atoms with E-state index in [2.05, 4.69) is 41.7 Å². The first-order valence-corrected chi connectivity index (χ1v) is 12.9. The van der Waals surface area contributed by atoms with Crippen LogP contribution in [0.4, 0.5) is 17.5 Å². The maximum atomic E-state index is 11.9. The molecule has 1 aromatic carbocycles. The highest BCUT2D eigenvalue weighted by molar-refractivity contribution is 5.88. The molecular weight excluding hydrogens is 508 g/mol. The molecule has 0 bridgehead atoms. The van der Waals surface area contributed by atoms with Crippen LogP contribution in [0.25, 0.3) is 22.2 Å². The predicted octanol–water partition coefficient (Wildman–Crippen LogP) is 3.69. The van der Waals surface area contributed by atoms with E-state index in [1.165, 1.54) is 12.4 Å². The summed E-state index contributed by atoms with van der Waals surface area (Å²) in [5.41, 5.74) is 5.39. The van der Waals surface area contributed by atoms with E-state index in [-0.39, 0.29) is 5.91 Å². The molecule has 0 atom stereocenters. The molecule has 40 heavy (non-hydrogen) atoms. The van der Waals surface area contributed by atoms with Crippen LogP contribution in [-0.4, -0.2) is 71.5 Å². The van der Waals surface area contributed by atoms with Gasteiger partial charge in [-0.3, -0.25) is 4.79 Å². The van der Waals surface area contributed by atoms with Gasteiger partial charge < -0.3 is 24.4 Å². The minimum absolute atomic E-state index is 0.0632. The highest BCUT2D eigenvalue weighted by atomic mass is 16.5. The van der Waals surface area contributed by atoms with Crippen molar-refractivity contribution in [3.8, 4) is 11.5 Å². The fourth-order valence-corrected chi connectivity index (χ4v) is 4.67. The number of carbonyl (C=O) groups is 1. The van der Waals surface area contributed by atoms with Crippen LogP contribution in [0.3, 0.4) is 0 Å². The lowest BCUT2D eigenvalue weighted by molar-refractivity contribution is -0.126. The molecule has 1 fully saturated rings. The van der Waals surface area contributed by atoms with Gasteiger partial charge in [0.05, 0.1) is 18.2 Å². The predicted molar refractivity (Wildman–Crippen MR) is 152 cm³/mol. The quantitative estimate of drug-likeness (QED) is 0.321. The van der Waals surface area contributed by atoms with Gasteiger partial charge in [-0.05, 0) is 43.7 Å². The molecule has 0 aliphatic carbocycles. The maximum Gasteiger partial charge on any atom is 0.246 e. The molecule has 1 amide bonds. The smallest absolute Gasteiger partial charge is 0.246 e. The van der Waals surface area contributed by atoms with Crippen molar-refractivity contribution < 1.29 is 9.53 Å². The number of aromatic nitrogens is 7. The molecule has 5 aromatic rings. The van der Waals surface area contributed by atoms with Gasteiger partial charge in [-0.25, -0.2) is 29.9 Å². The molecule has 5 heterocycles. The van der Waals surface area contributed by atoms with Crippen molar-refractivity contribution in [1.82, 2.24) is 39.4 Å². The fourth-order valence-electron chi connectivity index (χ4n) is 4.67. The Morgan fingerprint density at radius 3 is 2.60 bits per heavy atom. The summed E-state index contributed by atoms with van der Waals surface area (Å²) in [7, 11) is 1.92. The lowest BCUT2D eigenvalue weighted by Gasteiger charge is -2.34. The summed E-state index contributed by atoms with van der Waals surface area (Å²) in [6.45, 7) is 9.90. The Balaban J connectivity index is 1.22. The van der Waals surface area contributed by atoms with Crippen LogP contribution >= 0.6 is 0 Å². The van der Waals surface area contributed by atoms with Crippen LogP contribution in [0.5, 0.6) is 11.5 Å². The Hall–Kier alpha value is -5.13. The monoisotopic (exact) mass is 536 g/mol. The standard InChI is InChI=1S/C28H28N10O2/c1-5-24(39)37-8-10-38(11-9-37)28-29-14-21-25(35-28)26(31-15-30-21)34-19-6-7-22(17(2)12-19)40-23-13-20-27(33-18(23)3)36(4)16-32-20/h5-7,12-16H,1,8-11H2,2-4H3,(H,30,31,34).